The van der Waals surface area contributed by atoms with Crippen LogP contribution >= 0.6 is 11.6 Å². The van der Waals surface area contributed by atoms with Crippen molar-refractivity contribution < 1.29 is 23.4 Å². The lowest BCUT2D eigenvalue weighted by molar-refractivity contribution is 0.144. The third kappa shape index (κ3) is 3.95. The zero-order valence-corrected chi connectivity index (χ0v) is 18.6. The molecule has 1 unspecified atom stereocenters. The molecule has 34 heavy (non-hydrogen) atoms. The Kier molecular flexibility index (Phi) is 5.61. The van der Waals surface area contributed by atoms with Gasteiger partial charge in [-0.15, -0.1) is 0 Å². The van der Waals surface area contributed by atoms with Crippen LogP contribution in [0, 0.1) is 11.6 Å². The highest BCUT2D eigenvalue weighted by Crippen LogP contribution is 2.54. The average Bonchev–Trinajstić information content (AvgIpc) is 3.44. The standard InChI is InChI=1S/C24H20ClF2N3O4/c25-14-3-1-13(2-4-14)10-28-15-5-8-30(12-15)24(6-7-24)19-17(26)9-16-21(20(19)27)29-11-18(22(16)31)34-23(32)33/h1-4,9-11,15H,5-8,12H2,(H,29,31)(H,32,33). The molecule has 2 N–H and O–H groups in total. The summed E-state index contributed by atoms with van der Waals surface area (Å²) in [5.41, 5.74) is -1.03. The van der Waals surface area contributed by atoms with Crippen molar-refractivity contribution in [2.45, 2.75) is 30.8 Å². The quantitative estimate of drug-likeness (QED) is 0.402. The van der Waals surface area contributed by atoms with E-state index in [0.29, 0.717) is 31.0 Å². The van der Waals surface area contributed by atoms with E-state index in [1.165, 1.54) is 0 Å². The van der Waals surface area contributed by atoms with Crippen molar-refractivity contribution in [2.24, 2.45) is 4.99 Å². The number of pyridine rings is 1. The molecule has 10 heteroatoms. The van der Waals surface area contributed by atoms with E-state index in [4.69, 9.17) is 16.7 Å². The van der Waals surface area contributed by atoms with Crippen molar-refractivity contribution in [3.8, 4) is 5.75 Å². The summed E-state index contributed by atoms with van der Waals surface area (Å²) in [6, 6.07) is 8.26. The number of ether oxygens (including phenoxy) is 1. The van der Waals surface area contributed by atoms with Crippen molar-refractivity contribution >= 4 is 34.9 Å². The number of nitrogens with one attached hydrogen (secondary N) is 1. The molecule has 1 atom stereocenters. The van der Waals surface area contributed by atoms with Crippen molar-refractivity contribution in [1.29, 1.82) is 0 Å². The monoisotopic (exact) mass is 487 g/mol. The molecule has 0 bridgehead atoms. The Morgan fingerprint density at radius 3 is 2.71 bits per heavy atom. The van der Waals surface area contributed by atoms with Gasteiger partial charge in [-0.1, -0.05) is 23.7 Å². The average molecular weight is 488 g/mol. The van der Waals surface area contributed by atoms with Crippen LogP contribution in [0.2, 0.25) is 5.02 Å². The van der Waals surface area contributed by atoms with Gasteiger partial charge in [0.05, 0.1) is 22.5 Å². The molecule has 5 rings (SSSR count). The minimum absolute atomic E-state index is 0.00438. The second kappa shape index (κ2) is 8.48. The second-order valence-electron chi connectivity index (χ2n) is 8.57. The molecule has 3 aromatic rings. The van der Waals surface area contributed by atoms with Crippen LogP contribution in [-0.4, -0.2) is 46.5 Å². The molecule has 1 aromatic heterocycles. The van der Waals surface area contributed by atoms with Crippen molar-refractivity contribution in [2.75, 3.05) is 13.1 Å². The third-order valence-electron chi connectivity index (χ3n) is 6.49. The minimum atomic E-state index is -1.69. The predicted molar refractivity (Wildman–Crippen MR) is 123 cm³/mol. The molecular weight excluding hydrogens is 468 g/mol. The Hall–Kier alpha value is -3.30. The maximum absolute atomic E-state index is 15.6. The summed E-state index contributed by atoms with van der Waals surface area (Å²) in [5, 5.41) is 9.08. The van der Waals surface area contributed by atoms with Gasteiger partial charge in [0.2, 0.25) is 5.43 Å². The first-order valence-electron chi connectivity index (χ1n) is 10.8. The normalized spacial score (nSPS) is 19.7. The lowest BCUT2D eigenvalue weighted by Gasteiger charge is -2.29. The Labute approximate surface area is 197 Å². The van der Waals surface area contributed by atoms with Crippen LogP contribution in [-0.2, 0) is 5.54 Å². The van der Waals surface area contributed by atoms with Crippen LogP contribution in [0.1, 0.15) is 30.4 Å². The molecule has 0 spiro atoms. The number of likely N-dealkylation sites (tertiary alicyclic amines) is 1. The first-order valence-corrected chi connectivity index (χ1v) is 11.1. The fourth-order valence-electron chi connectivity index (χ4n) is 4.71. The SMILES string of the molecule is O=C(O)Oc1c[nH]c2c(F)c(C3(N4CCC(N=Cc5ccc(Cl)cc5)C4)CC3)c(F)cc2c1=O. The zero-order valence-electron chi connectivity index (χ0n) is 17.9. The molecule has 1 aliphatic heterocycles. The molecule has 2 aliphatic rings. The molecule has 1 saturated heterocycles. The molecule has 2 aromatic carbocycles. The molecule has 7 nitrogen and oxygen atoms in total. The number of hydrogen-bond donors (Lipinski definition) is 2. The number of benzene rings is 2. The van der Waals surface area contributed by atoms with E-state index in [-0.39, 0.29) is 22.5 Å². The van der Waals surface area contributed by atoms with Crippen molar-refractivity contribution in [3.63, 3.8) is 0 Å². The molecule has 2 fully saturated rings. The van der Waals surface area contributed by atoms with Crippen LogP contribution in [0.4, 0.5) is 13.6 Å². The molecule has 1 aliphatic carbocycles. The number of rotatable bonds is 5. The Balaban J connectivity index is 1.42. The Bertz CT molecular complexity index is 1370. The summed E-state index contributed by atoms with van der Waals surface area (Å²) in [4.78, 5) is 32.5. The number of nitrogens with zero attached hydrogens (tertiary/aromatic N) is 2. The molecule has 2 heterocycles. The molecule has 0 radical (unpaired) electrons. The van der Waals surface area contributed by atoms with Crippen molar-refractivity contribution in [3.05, 3.63) is 74.5 Å². The van der Waals surface area contributed by atoms with Gasteiger partial charge in [-0.2, -0.15) is 0 Å². The topological polar surface area (TPSA) is 95.0 Å². The Morgan fingerprint density at radius 1 is 1.29 bits per heavy atom. The van der Waals surface area contributed by atoms with Crippen molar-refractivity contribution in [1.82, 2.24) is 9.88 Å². The highest BCUT2D eigenvalue weighted by atomic mass is 35.5. The lowest BCUT2D eigenvalue weighted by atomic mass is 9.99. The van der Waals surface area contributed by atoms with Gasteiger partial charge in [-0.3, -0.25) is 14.7 Å². The first-order chi connectivity index (χ1) is 16.3. The van der Waals surface area contributed by atoms with Crippen LogP contribution in [0.3, 0.4) is 0 Å². The summed E-state index contributed by atoms with van der Waals surface area (Å²) < 4.78 is 35.2. The summed E-state index contributed by atoms with van der Waals surface area (Å²) in [7, 11) is 0. The van der Waals surface area contributed by atoms with Gasteiger partial charge in [-0.05, 0) is 43.0 Å². The number of halogens is 3. The highest BCUT2D eigenvalue weighted by molar-refractivity contribution is 6.30. The van der Waals surface area contributed by atoms with Crippen LogP contribution in [0.25, 0.3) is 10.9 Å². The number of carbonyl (C=O) groups is 1. The molecule has 0 amide bonds. The predicted octanol–water partition coefficient (Wildman–Crippen LogP) is 4.70. The fraction of sp³-hybridized carbons (Fsp3) is 0.292. The van der Waals surface area contributed by atoms with E-state index in [1.807, 2.05) is 12.1 Å². The number of H-pyrrole nitrogens is 1. The summed E-state index contributed by atoms with van der Waals surface area (Å²) in [6.45, 7) is 1.20. The Morgan fingerprint density at radius 2 is 2.03 bits per heavy atom. The van der Waals surface area contributed by atoms with E-state index < -0.39 is 34.5 Å². The molecule has 176 valence electrons. The van der Waals surface area contributed by atoms with Crippen LogP contribution in [0.5, 0.6) is 5.75 Å². The number of carboxylic acid groups (broad SMARTS) is 1. The van der Waals surface area contributed by atoms with Gasteiger partial charge in [0.15, 0.2) is 11.6 Å². The minimum Gasteiger partial charge on any atom is -0.449 e. The highest BCUT2D eigenvalue weighted by Gasteiger charge is 2.54. The summed E-state index contributed by atoms with van der Waals surface area (Å²) in [5.74, 6) is -2.23. The van der Waals surface area contributed by atoms with E-state index in [0.717, 1.165) is 24.2 Å². The van der Waals surface area contributed by atoms with E-state index in [1.54, 1.807) is 18.3 Å². The summed E-state index contributed by atoms with van der Waals surface area (Å²) in [6.07, 6.45) is 3.00. The van der Waals surface area contributed by atoms with Gasteiger partial charge in [-0.25, -0.2) is 13.6 Å². The smallest absolute Gasteiger partial charge is 0.449 e. The largest absolute Gasteiger partial charge is 0.511 e. The van der Waals surface area contributed by atoms with Crippen LogP contribution in [0.15, 0.2) is 46.3 Å². The molecular formula is C24H20ClF2N3O4. The van der Waals surface area contributed by atoms with Gasteiger partial charge >= 0.3 is 6.16 Å². The lowest BCUT2D eigenvalue weighted by Crippen LogP contribution is -2.35. The van der Waals surface area contributed by atoms with Gasteiger partial charge in [0.1, 0.15) is 5.82 Å². The fourth-order valence-corrected chi connectivity index (χ4v) is 4.83. The number of aromatic amines is 1. The van der Waals surface area contributed by atoms with E-state index in [9.17, 15) is 9.59 Å². The maximum Gasteiger partial charge on any atom is 0.511 e. The number of aromatic nitrogens is 1. The third-order valence-corrected chi connectivity index (χ3v) is 6.75. The van der Waals surface area contributed by atoms with Crippen LogP contribution < -0.4 is 10.2 Å². The summed E-state index contributed by atoms with van der Waals surface area (Å²) >= 11 is 5.91. The van der Waals surface area contributed by atoms with Gasteiger partial charge in [0, 0.05) is 36.1 Å². The second-order valence-corrected chi connectivity index (χ2v) is 9.01. The number of hydrogen-bond acceptors (Lipinski definition) is 5. The zero-order chi connectivity index (χ0) is 24.0. The molecule has 1 saturated carbocycles. The van der Waals surface area contributed by atoms with E-state index >= 15 is 8.78 Å². The first kappa shape index (κ1) is 22.5. The van der Waals surface area contributed by atoms with E-state index in [2.05, 4.69) is 19.6 Å². The maximum atomic E-state index is 15.6. The number of aliphatic imine (C=N–C) groups is 1. The number of fused-ring (bicyclic) bond motifs is 1. The van der Waals surface area contributed by atoms with Gasteiger partial charge < -0.3 is 14.8 Å². The van der Waals surface area contributed by atoms with Gasteiger partial charge in [0.25, 0.3) is 0 Å².